The van der Waals surface area contributed by atoms with Gasteiger partial charge in [-0.1, -0.05) is 0 Å². The third-order valence-electron chi connectivity index (χ3n) is 2.69. The summed E-state index contributed by atoms with van der Waals surface area (Å²) < 4.78 is 10.6. The summed E-state index contributed by atoms with van der Waals surface area (Å²) in [4.78, 5) is 6.50. The summed E-state index contributed by atoms with van der Waals surface area (Å²) in [6, 6.07) is 2.01. The molecule has 0 aliphatic carbocycles. The Kier molecular flexibility index (Phi) is 4.58. The van der Waals surface area contributed by atoms with Gasteiger partial charge in [-0.2, -0.15) is 0 Å². The van der Waals surface area contributed by atoms with Gasteiger partial charge >= 0.3 is 0 Å². The van der Waals surface area contributed by atoms with Crippen molar-refractivity contribution in [2.75, 3.05) is 44.5 Å². The minimum atomic E-state index is 0.281. The van der Waals surface area contributed by atoms with Crippen molar-refractivity contribution in [1.29, 1.82) is 0 Å². The lowest BCUT2D eigenvalue weighted by molar-refractivity contribution is 0.0222. The van der Waals surface area contributed by atoms with E-state index in [4.69, 9.17) is 9.47 Å². The Morgan fingerprint density at radius 2 is 2.18 bits per heavy atom. The Bertz CT molecular complexity index is 340. The maximum atomic E-state index is 5.45. The van der Waals surface area contributed by atoms with Crippen LogP contribution in [0.3, 0.4) is 0 Å². The van der Waals surface area contributed by atoms with Crippen molar-refractivity contribution < 1.29 is 9.47 Å². The lowest BCUT2D eigenvalue weighted by Gasteiger charge is -2.29. The van der Waals surface area contributed by atoms with E-state index in [1.165, 1.54) is 0 Å². The number of nitrogens with one attached hydrogen (secondary N) is 1. The van der Waals surface area contributed by atoms with Gasteiger partial charge < -0.3 is 19.7 Å². The first-order valence-corrected chi connectivity index (χ1v) is 6.01. The van der Waals surface area contributed by atoms with Crippen LogP contribution in [0.15, 0.2) is 18.5 Å². The van der Waals surface area contributed by atoms with Gasteiger partial charge in [-0.05, 0) is 6.92 Å². The number of rotatable bonds is 5. The number of anilines is 1. The molecular formula is C12H19N3O2. The number of piperazine rings is 1. The van der Waals surface area contributed by atoms with Gasteiger partial charge in [0.25, 0.3) is 0 Å². The summed E-state index contributed by atoms with van der Waals surface area (Å²) in [6.45, 7) is 6.94. The highest BCUT2D eigenvalue weighted by molar-refractivity contribution is 5.48. The second-order valence-corrected chi connectivity index (χ2v) is 3.87. The van der Waals surface area contributed by atoms with E-state index in [2.05, 4.69) is 15.2 Å². The largest absolute Gasteiger partial charge is 0.466 e. The molecule has 0 spiro atoms. The Labute approximate surface area is 102 Å². The van der Waals surface area contributed by atoms with E-state index in [1.807, 2.05) is 19.2 Å². The summed E-state index contributed by atoms with van der Waals surface area (Å²) in [7, 11) is 0. The Morgan fingerprint density at radius 1 is 1.35 bits per heavy atom. The van der Waals surface area contributed by atoms with Crippen LogP contribution in [0.5, 0.6) is 5.75 Å². The third-order valence-corrected chi connectivity index (χ3v) is 2.69. The standard InChI is InChI=1S/C12H19N3O2/c1-2-16-10-17-12-7-11(8-14-9-12)15-5-3-13-4-6-15/h7-9,13H,2-6,10H2,1H3. The molecular weight excluding hydrogens is 218 g/mol. The number of hydrogen-bond acceptors (Lipinski definition) is 5. The van der Waals surface area contributed by atoms with Gasteiger partial charge in [-0.15, -0.1) is 0 Å². The highest BCUT2D eigenvalue weighted by Gasteiger charge is 2.11. The highest BCUT2D eigenvalue weighted by atomic mass is 16.7. The van der Waals surface area contributed by atoms with Crippen molar-refractivity contribution in [3.8, 4) is 5.75 Å². The smallest absolute Gasteiger partial charge is 0.189 e. The monoisotopic (exact) mass is 237 g/mol. The first kappa shape index (κ1) is 12.1. The fourth-order valence-electron chi connectivity index (χ4n) is 1.78. The molecule has 1 aromatic rings. The first-order chi connectivity index (χ1) is 8.40. The van der Waals surface area contributed by atoms with E-state index in [0.29, 0.717) is 6.61 Å². The molecule has 0 amide bonds. The van der Waals surface area contributed by atoms with Crippen molar-refractivity contribution in [2.45, 2.75) is 6.92 Å². The topological polar surface area (TPSA) is 46.6 Å². The van der Waals surface area contributed by atoms with Crippen LogP contribution in [0.2, 0.25) is 0 Å². The maximum Gasteiger partial charge on any atom is 0.189 e. The van der Waals surface area contributed by atoms with Crippen LogP contribution in [0, 0.1) is 0 Å². The molecule has 5 nitrogen and oxygen atoms in total. The van der Waals surface area contributed by atoms with E-state index in [-0.39, 0.29) is 6.79 Å². The average molecular weight is 237 g/mol. The molecule has 5 heteroatoms. The summed E-state index contributed by atoms with van der Waals surface area (Å²) in [6.07, 6.45) is 3.59. The molecule has 0 atom stereocenters. The molecule has 0 unspecified atom stereocenters. The second-order valence-electron chi connectivity index (χ2n) is 3.87. The maximum absolute atomic E-state index is 5.45. The normalized spacial score (nSPS) is 15.9. The van der Waals surface area contributed by atoms with Crippen molar-refractivity contribution in [1.82, 2.24) is 10.3 Å². The average Bonchev–Trinajstić information content (AvgIpc) is 2.41. The molecule has 1 saturated heterocycles. The minimum Gasteiger partial charge on any atom is -0.466 e. The van der Waals surface area contributed by atoms with E-state index >= 15 is 0 Å². The van der Waals surface area contributed by atoms with Crippen molar-refractivity contribution in [2.24, 2.45) is 0 Å². The number of nitrogens with zero attached hydrogens (tertiary/aromatic N) is 2. The van der Waals surface area contributed by atoms with Gasteiger partial charge in [0, 0.05) is 38.9 Å². The molecule has 1 fully saturated rings. The molecule has 17 heavy (non-hydrogen) atoms. The number of hydrogen-bond donors (Lipinski definition) is 1. The summed E-state index contributed by atoms with van der Waals surface area (Å²) in [5.74, 6) is 0.759. The Morgan fingerprint density at radius 3 is 2.94 bits per heavy atom. The van der Waals surface area contributed by atoms with Crippen LogP contribution in [0.25, 0.3) is 0 Å². The highest BCUT2D eigenvalue weighted by Crippen LogP contribution is 2.19. The van der Waals surface area contributed by atoms with E-state index in [1.54, 1.807) is 6.20 Å². The predicted octanol–water partition coefficient (Wildman–Crippen LogP) is 0.864. The van der Waals surface area contributed by atoms with Crippen LogP contribution >= 0.6 is 0 Å². The van der Waals surface area contributed by atoms with Crippen molar-refractivity contribution in [3.63, 3.8) is 0 Å². The van der Waals surface area contributed by atoms with Gasteiger partial charge in [0.05, 0.1) is 18.1 Å². The molecule has 1 aromatic heterocycles. The number of ether oxygens (including phenoxy) is 2. The fraction of sp³-hybridized carbons (Fsp3) is 0.583. The van der Waals surface area contributed by atoms with E-state index in [9.17, 15) is 0 Å². The summed E-state index contributed by atoms with van der Waals surface area (Å²) >= 11 is 0. The molecule has 0 aromatic carbocycles. The molecule has 2 heterocycles. The van der Waals surface area contributed by atoms with Crippen molar-refractivity contribution >= 4 is 5.69 Å². The van der Waals surface area contributed by atoms with E-state index < -0.39 is 0 Å². The van der Waals surface area contributed by atoms with Crippen LogP contribution in [-0.2, 0) is 4.74 Å². The second kappa shape index (κ2) is 6.42. The Hall–Kier alpha value is -1.33. The molecule has 0 saturated carbocycles. The van der Waals surface area contributed by atoms with Gasteiger partial charge in [0.1, 0.15) is 5.75 Å². The zero-order valence-electron chi connectivity index (χ0n) is 10.2. The summed E-state index contributed by atoms with van der Waals surface area (Å²) in [5.41, 5.74) is 1.11. The van der Waals surface area contributed by atoms with Crippen LogP contribution in [-0.4, -0.2) is 44.6 Å². The minimum absolute atomic E-state index is 0.281. The van der Waals surface area contributed by atoms with Crippen molar-refractivity contribution in [3.05, 3.63) is 18.5 Å². The molecule has 2 rings (SSSR count). The van der Waals surface area contributed by atoms with Gasteiger partial charge in [0.2, 0.25) is 0 Å². The predicted molar refractivity (Wildman–Crippen MR) is 66.4 cm³/mol. The molecule has 0 bridgehead atoms. The lowest BCUT2D eigenvalue weighted by atomic mass is 10.3. The van der Waals surface area contributed by atoms with Crippen LogP contribution < -0.4 is 15.0 Å². The lowest BCUT2D eigenvalue weighted by Crippen LogP contribution is -2.43. The Balaban J connectivity index is 1.95. The van der Waals surface area contributed by atoms with Gasteiger partial charge in [0.15, 0.2) is 6.79 Å². The fourth-order valence-corrected chi connectivity index (χ4v) is 1.78. The SMILES string of the molecule is CCOCOc1cncc(N2CCNCC2)c1. The molecule has 1 aliphatic rings. The molecule has 0 radical (unpaired) electrons. The number of aromatic nitrogens is 1. The van der Waals surface area contributed by atoms with E-state index in [0.717, 1.165) is 37.6 Å². The first-order valence-electron chi connectivity index (χ1n) is 6.01. The number of pyridine rings is 1. The molecule has 94 valence electrons. The third kappa shape index (κ3) is 3.57. The quantitative estimate of drug-likeness (QED) is 0.608. The van der Waals surface area contributed by atoms with Crippen LogP contribution in [0.4, 0.5) is 5.69 Å². The van der Waals surface area contributed by atoms with Gasteiger partial charge in [-0.25, -0.2) is 0 Å². The zero-order valence-corrected chi connectivity index (χ0v) is 10.2. The van der Waals surface area contributed by atoms with Gasteiger partial charge in [-0.3, -0.25) is 4.98 Å². The molecule has 1 aliphatic heterocycles. The zero-order chi connectivity index (χ0) is 11.9. The summed E-state index contributed by atoms with van der Waals surface area (Å²) in [5, 5.41) is 3.33. The van der Waals surface area contributed by atoms with Crippen LogP contribution in [0.1, 0.15) is 6.92 Å². The molecule has 1 N–H and O–H groups in total.